The van der Waals surface area contributed by atoms with Gasteiger partial charge in [0.1, 0.15) is 0 Å². The van der Waals surface area contributed by atoms with Gasteiger partial charge in [-0.1, -0.05) is 32.1 Å². The van der Waals surface area contributed by atoms with Gasteiger partial charge in [0.15, 0.2) is 6.29 Å². The van der Waals surface area contributed by atoms with Crippen LogP contribution in [0.4, 0.5) is 0 Å². The lowest BCUT2D eigenvalue weighted by Gasteiger charge is -2.10. The van der Waals surface area contributed by atoms with Crippen LogP contribution in [-0.4, -0.2) is 18.0 Å². The lowest BCUT2D eigenvalue weighted by atomic mass is 10.1. The fourth-order valence-electron chi connectivity index (χ4n) is 2.04. The van der Waals surface area contributed by atoms with E-state index in [1.165, 1.54) is 44.9 Å². The standard InChI is InChI=1S/C13H24O2/c14-13(10-12-7-8-12)15-9-3-1-2-4-11-5-6-11/h11-14H,1-10H2. The first-order valence-electron chi connectivity index (χ1n) is 6.64. The van der Waals surface area contributed by atoms with Crippen molar-refractivity contribution in [2.24, 2.45) is 11.8 Å². The highest BCUT2D eigenvalue weighted by molar-refractivity contribution is 4.74. The summed E-state index contributed by atoms with van der Waals surface area (Å²) in [4.78, 5) is 0. The summed E-state index contributed by atoms with van der Waals surface area (Å²) in [7, 11) is 0. The number of hydrogen-bond donors (Lipinski definition) is 1. The number of aliphatic hydroxyl groups is 1. The summed E-state index contributed by atoms with van der Waals surface area (Å²) < 4.78 is 5.37. The van der Waals surface area contributed by atoms with Crippen molar-refractivity contribution in [2.45, 2.75) is 64.1 Å². The second-order valence-corrected chi connectivity index (χ2v) is 5.30. The highest BCUT2D eigenvalue weighted by Gasteiger charge is 2.24. The van der Waals surface area contributed by atoms with E-state index >= 15 is 0 Å². The summed E-state index contributed by atoms with van der Waals surface area (Å²) in [5.41, 5.74) is 0. The van der Waals surface area contributed by atoms with Crippen molar-refractivity contribution >= 4 is 0 Å². The van der Waals surface area contributed by atoms with Gasteiger partial charge in [-0.15, -0.1) is 0 Å². The average Bonchev–Trinajstić information content (AvgIpc) is 3.04. The topological polar surface area (TPSA) is 29.5 Å². The second-order valence-electron chi connectivity index (χ2n) is 5.30. The minimum atomic E-state index is -0.485. The molecule has 1 atom stereocenters. The van der Waals surface area contributed by atoms with Crippen LogP contribution >= 0.6 is 0 Å². The molecule has 0 heterocycles. The lowest BCUT2D eigenvalue weighted by molar-refractivity contribution is -0.106. The Labute approximate surface area is 93.0 Å². The first-order chi connectivity index (χ1) is 7.34. The predicted octanol–water partition coefficient (Wildman–Crippen LogP) is 3.09. The van der Waals surface area contributed by atoms with Crippen LogP contribution in [0.5, 0.6) is 0 Å². The van der Waals surface area contributed by atoms with Crippen LogP contribution in [0.2, 0.25) is 0 Å². The predicted molar refractivity (Wildman–Crippen MR) is 60.5 cm³/mol. The highest BCUT2D eigenvalue weighted by Crippen LogP contribution is 2.34. The Morgan fingerprint density at radius 3 is 2.40 bits per heavy atom. The maximum atomic E-state index is 9.49. The van der Waals surface area contributed by atoms with E-state index in [9.17, 15) is 5.11 Å². The Hall–Kier alpha value is -0.0800. The Morgan fingerprint density at radius 1 is 1.00 bits per heavy atom. The summed E-state index contributed by atoms with van der Waals surface area (Å²) in [6, 6.07) is 0. The van der Waals surface area contributed by atoms with Crippen molar-refractivity contribution in [2.75, 3.05) is 6.61 Å². The van der Waals surface area contributed by atoms with Crippen LogP contribution in [0.1, 0.15) is 57.8 Å². The monoisotopic (exact) mass is 212 g/mol. The summed E-state index contributed by atoms with van der Waals surface area (Å²) in [6.07, 6.45) is 11.1. The van der Waals surface area contributed by atoms with E-state index in [1.54, 1.807) is 0 Å². The third-order valence-electron chi connectivity index (χ3n) is 3.50. The maximum Gasteiger partial charge on any atom is 0.154 e. The highest BCUT2D eigenvalue weighted by atomic mass is 16.6. The molecule has 1 unspecified atom stereocenters. The molecule has 0 aliphatic heterocycles. The second kappa shape index (κ2) is 5.86. The molecule has 1 N–H and O–H groups in total. The molecule has 88 valence electrons. The van der Waals surface area contributed by atoms with Gasteiger partial charge >= 0.3 is 0 Å². The molecule has 2 heteroatoms. The third kappa shape index (κ3) is 5.53. The van der Waals surface area contributed by atoms with E-state index < -0.39 is 6.29 Å². The van der Waals surface area contributed by atoms with Crippen LogP contribution in [0, 0.1) is 11.8 Å². The molecule has 0 amide bonds. The normalized spacial score (nSPS) is 23.0. The molecule has 0 aromatic carbocycles. The van der Waals surface area contributed by atoms with Gasteiger partial charge in [-0.2, -0.15) is 0 Å². The Bertz CT molecular complexity index is 173. The fraction of sp³-hybridized carbons (Fsp3) is 1.00. The largest absolute Gasteiger partial charge is 0.368 e. The molecule has 2 aliphatic rings. The van der Waals surface area contributed by atoms with Crippen LogP contribution in [0.15, 0.2) is 0 Å². The van der Waals surface area contributed by atoms with Gasteiger partial charge in [0, 0.05) is 13.0 Å². The van der Waals surface area contributed by atoms with Gasteiger partial charge in [0.2, 0.25) is 0 Å². The SMILES string of the molecule is OC(CC1CC1)OCCCCCC1CC1. The molecule has 0 aromatic rings. The van der Waals surface area contributed by atoms with Gasteiger partial charge in [-0.3, -0.25) is 0 Å². The van der Waals surface area contributed by atoms with Gasteiger partial charge in [-0.25, -0.2) is 0 Å². The van der Waals surface area contributed by atoms with Crippen LogP contribution < -0.4 is 0 Å². The van der Waals surface area contributed by atoms with Crippen molar-refractivity contribution in [1.29, 1.82) is 0 Å². The Kier molecular flexibility index (Phi) is 4.45. The minimum absolute atomic E-state index is 0.485. The van der Waals surface area contributed by atoms with Crippen LogP contribution in [0.25, 0.3) is 0 Å². The molecule has 2 fully saturated rings. The number of hydrogen-bond acceptors (Lipinski definition) is 2. The fourth-order valence-corrected chi connectivity index (χ4v) is 2.04. The first-order valence-corrected chi connectivity index (χ1v) is 6.64. The molecule has 2 rings (SSSR count). The van der Waals surface area contributed by atoms with Crippen LogP contribution in [-0.2, 0) is 4.74 Å². The average molecular weight is 212 g/mol. The van der Waals surface area contributed by atoms with Crippen molar-refractivity contribution < 1.29 is 9.84 Å². The number of unbranched alkanes of at least 4 members (excludes halogenated alkanes) is 2. The van der Waals surface area contributed by atoms with E-state index in [2.05, 4.69) is 0 Å². The molecular weight excluding hydrogens is 188 g/mol. The Morgan fingerprint density at radius 2 is 1.73 bits per heavy atom. The van der Waals surface area contributed by atoms with Gasteiger partial charge in [0.05, 0.1) is 0 Å². The van der Waals surface area contributed by atoms with Crippen molar-refractivity contribution in [3.63, 3.8) is 0 Å². The molecule has 0 bridgehead atoms. The molecule has 0 aromatic heterocycles. The zero-order chi connectivity index (χ0) is 10.5. The zero-order valence-electron chi connectivity index (χ0n) is 9.66. The molecule has 0 saturated heterocycles. The molecule has 0 radical (unpaired) electrons. The summed E-state index contributed by atoms with van der Waals surface area (Å²) >= 11 is 0. The zero-order valence-corrected chi connectivity index (χ0v) is 9.66. The van der Waals surface area contributed by atoms with Crippen molar-refractivity contribution in [1.82, 2.24) is 0 Å². The molecule has 2 nitrogen and oxygen atoms in total. The Balaban J connectivity index is 1.33. The summed E-state index contributed by atoms with van der Waals surface area (Å²) in [6.45, 7) is 0.749. The minimum Gasteiger partial charge on any atom is -0.368 e. The third-order valence-corrected chi connectivity index (χ3v) is 3.50. The first kappa shape index (κ1) is 11.4. The van der Waals surface area contributed by atoms with Crippen molar-refractivity contribution in [3.05, 3.63) is 0 Å². The van der Waals surface area contributed by atoms with E-state index in [0.29, 0.717) is 0 Å². The van der Waals surface area contributed by atoms with E-state index in [0.717, 1.165) is 31.3 Å². The maximum absolute atomic E-state index is 9.49. The molecule has 2 aliphatic carbocycles. The van der Waals surface area contributed by atoms with Crippen molar-refractivity contribution in [3.8, 4) is 0 Å². The van der Waals surface area contributed by atoms with E-state index in [4.69, 9.17) is 4.74 Å². The number of rotatable bonds is 9. The number of ether oxygens (including phenoxy) is 1. The number of aliphatic hydroxyl groups excluding tert-OH is 1. The molecular formula is C13H24O2. The van der Waals surface area contributed by atoms with Gasteiger partial charge < -0.3 is 9.84 Å². The summed E-state index contributed by atoms with van der Waals surface area (Å²) in [5.74, 6) is 1.82. The van der Waals surface area contributed by atoms with E-state index in [1.807, 2.05) is 0 Å². The lowest BCUT2D eigenvalue weighted by Crippen LogP contribution is -2.13. The van der Waals surface area contributed by atoms with Gasteiger partial charge in [0.25, 0.3) is 0 Å². The van der Waals surface area contributed by atoms with Crippen LogP contribution in [0.3, 0.4) is 0 Å². The van der Waals surface area contributed by atoms with Gasteiger partial charge in [-0.05, 0) is 31.1 Å². The quantitative estimate of drug-likeness (QED) is 0.470. The molecule has 2 saturated carbocycles. The van der Waals surface area contributed by atoms with E-state index in [-0.39, 0.29) is 0 Å². The smallest absolute Gasteiger partial charge is 0.154 e. The molecule has 0 spiro atoms. The summed E-state index contributed by atoms with van der Waals surface area (Å²) in [5, 5.41) is 9.49. The molecule has 15 heavy (non-hydrogen) atoms.